The van der Waals surface area contributed by atoms with E-state index in [2.05, 4.69) is 11.1 Å². The number of carbonyl (C=O) groups excluding carboxylic acids is 1. The SMILES string of the molecule is CN.O=CCNCC(=O)O. The summed E-state index contributed by atoms with van der Waals surface area (Å²) >= 11 is 0. The number of hydrogen-bond acceptors (Lipinski definition) is 4. The van der Waals surface area contributed by atoms with Crippen molar-refractivity contribution in [3.8, 4) is 0 Å². The minimum atomic E-state index is -0.952. The molecule has 0 saturated heterocycles. The molecule has 0 spiro atoms. The first kappa shape index (κ1) is 11.8. The van der Waals surface area contributed by atoms with Crippen molar-refractivity contribution in [3.63, 3.8) is 0 Å². The van der Waals surface area contributed by atoms with Gasteiger partial charge in [0.2, 0.25) is 0 Å². The van der Waals surface area contributed by atoms with Gasteiger partial charge in [0, 0.05) is 0 Å². The standard InChI is InChI=1S/C4H7NO3.CH5N/c6-2-1-5-3-4(7)8;1-2/h2,5H,1,3H2,(H,7,8);2H2,1H3. The number of carboxylic acid groups (broad SMARTS) is 1. The molecule has 0 aliphatic heterocycles. The average molecular weight is 148 g/mol. The van der Waals surface area contributed by atoms with E-state index >= 15 is 0 Å². The summed E-state index contributed by atoms with van der Waals surface area (Å²) in [6, 6.07) is 0. The fraction of sp³-hybridized carbons (Fsp3) is 0.600. The predicted octanol–water partition coefficient (Wildman–Crippen LogP) is -1.57. The molecule has 0 aromatic carbocycles. The number of carboxylic acids is 1. The van der Waals surface area contributed by atoms with Crippen LogP contribution < -0.4 is 11.1 Å². The number of nitrogens with one attached hydrogen (secondary N) is 1. The van der Waals surface area contributed by atoms with Crippen LogP contribution in [0.1, 0.15) is 0 Å². The van der Waals surface area contributed by atoms with Crippen molar-refractivity contribution in [2.75, 3.05) is 20.1 Å². The molecule has 0 heterocycles. The van der Waals surface area contributed by atoms with Crippen LogP contribution in [0.2, 0.25) is 0 Å². The summed E-state index contributed by atoms with van der Waals surface area (Å²) in [6.45, 7) is -0.0506. The second-order valence-corrected chi connectivity index (χ2v) is 1.19. The summed E-state index contributed by atoms with van der Waals surface area (Å²) in [5.74, 6) is -0.952. The molecular formula is C5H12N2O3. The van der Waals surface area contributed by atoms with E-state index in [1.54, 1.807) is 0 Å². The molecule has 0 amide bonds. The minimum absolute atomic E-state index is 0.103. The molecule has 0 aromatic rings. The van der Waals surface area contributed by atoms with E-state index < -0.39 is 5.97 Å². The number of carbonyl (C=O) groups is 2. The highest BCUT2D eigenvalue weighted by Crippen LogP contribution is 1.55. The maximum atomic E-state index is 9.70. The second-order valence-electron chi connectivity index (χ2n) is 1.19. The zero-order chi connectivity index (χ0) is 8.41. The molecule has 0 rings (SSSR count). The van der Waals surface area contributed by atoms with Crippen LogP contribution in [0.5, 0.6) is 0 Å². The molecule has 0 fully saturated rings. The summed E-state index contributed by atoms with van der Waals surface area (Å²) in [6.07, 6.45) is 0.614. The fourth-order valence-corrected chi connectivity index (χ4v) is 0.238. The highest BCUT2D eigenvalue weighted by Gasteiger charge is 1.90. The molecule has 0 radical (unpaired) electrons. The third-order valence-corrected chi connectivity index (χ3v) is 0.504. The van der Waals surface area contributed by atoms with Gasteiger partial charge in [0.05, 0.1) is 13.1 Å². The zero-order valence-electron chi connectivity index (χ0n) is 5.83. The molecule has 0 unspecified atom stereocenters. The Morgan fingerprint density at radius 3 is 2.50 bits per heavy atom. The molecule has 0 bridgehead atoms. The van der Waals surface area contributed by atoms with Gasteiger partial charge in [-0.1, -0.05) is 0 Å². The van der Waals surface area contributed by atoms with Gasteiger partial charge in [-0.2, -0.15) is 0 Å². The Labute approximate surface area is 59.2 Å². The van der Waals surface area contributed by atoms with Crippen molar-refractivity contribution in [3.05, 3.63) is 0 Å². The molecule has 5 nitrogen and oxygen atoms in total. The Hall–Kier alpha value is -0.940. The van der Waals surface area contributed by atoms with Gasteiger partial charge < -0.3 is 21.0 Å². The van der Waals surface area contributed by atoms with Crippen LogP contribution in [0.3, 0.4) is 0 Å². The number of nitrogens with two attached hydrogens (primary N) is 1. The van der Waals surface area contributed by atoms with Gasteiger partial charge in [0.15, 0.2) is 0 Å². The lowest BCUT2D eigenvalue weighted by Gasteiger charge is -1.89. The predicted molar refractivity (Wildman–Crippen MR) is 36.7 cm³/mol. The van der Waals surface area contributed by atoms with Gasteiger partial charge in [0.1, 0.15) is 6.29 Å². The first-order valence-corrected chi connectivity index (χ1v) is 2.71. The van der Waals surface area contributed by atoms with Crippen LogP contribution in [0.15, 0.2) is 0 Å². The van der Waals surface area contributed by atoms with E-state index in [0.29, 0.717) is 6.29 Å². The largest absolute Gasteiger partial charge is 0.480 e. The number of hydrogen-bond donors (Lipinski definition) is 3. The van der Waals surface area contributed by atoms with Gasteiger partial charge in [-0.25, -0.2) is 0 Å². The van der Waals surface area contributed by atoms with Gasteiger partial charge in [-0.15, -0.1) is 0 Å². The van der Waals surface area contributed by atoms with Gasteiger partial charge in [-0.05, 0) is 7.05 Å². The van der Waals surface area contributed by atoms with Crippen molar-refractivity contribution in [1.82, 2.24) is 5.32 Å². The Bertz CT molecular complexity index is 94.9. The molecule has 0 saturated carbocycles. The Balaban J connectivity index is 0. The number of rotatable bonds is 4. The summed E-state index contributed by atoms with van der Waals surface area (Å²) in [7, 11) is 1.50. The highest BCUT2D eigenvalue weighted by molar-refractivity contribution is 5.69. The van der Waals surface area contributed by atoms with Crippen molar-refractivity contribution in [2.45, 2.75) is 0 Å². The smallest absolute Gasteiger partial charge is 0.317 e. The second kappa shape index (κ2) is 10.9. The molecule has 0 aromatic heterocycles. The topological polar surface area (TPSA) is 92.4 Å². The normalized spacial score (nSPS) is 7.40. The lowest BCUT2D eigenvalue weighted by Crippen LogP contribution is -2.23. The minimum Gasteiger partial charge on any atom is -0.480 e. The lowest BCUT2D eigenvalue weighted by atomic mass is 10.6. The summed E-state index contributed by atoms with van der Waals surface area (Å²) in [5.41, 5.74) is 4.50. The molecule has 10 heavy (non-hydrogen) atoms. The summed E-state index contributed by atoms with van der Waals surface area (Å²) < 4.78 is 0. The average Bonchev–Trinajstić information content (AvgIpc) is 1.92. The fourth-order valence-electron chi connectivity index (χ4n) is 0.238. The maximum absolute atomic E-state index is 9.70. The molecular weight excluding hydrogens is 136 g/mol. The number of aldehydes is 1. The van der Waals surface area contributed by atoms with Crippen LogP contribution in [0, 0.1) is 0 Å². The van der Waals surface area contributed by atoms with Crippen LogP contribution in [0.25, 0.3) is 0 Å². The van der Waals surface area contributed by atoms with Crippen molar-refractivity contribution < 1.29 is 14.7 Å². The van der Waals surface area contributed by atoms with Crippen LogP contribution in [0.4, 0.5) is 0 Å². The Morgan fingerprint density at radius 1 is 1.70 bits per heavy atom. The van der Waals surface area contributed by atoms with Gasteiger partial charge in [0.25, 0.3) is 0 Å². The van der Waals surface area contributed by atoms with E-state index in [0.717, 1.165) is 0 Å². The highest BCUT2D eigenvalue weighted by atomic mass is 16.4. The molecule has 0 aliphatic rings. The molecule has 0 aliphatic carbocycles. The molecule has 4 N–H and O–H groups in total. The van der Waals surface area contributed by atoms with Gasteiger partial charge >= 0.3 is 5.97 Å². The summed E-state index contributed by atoms with van der Waals surface area (Å²) in [5, 5.41) is 10.3. The van der Waals surface area contributed by atoms with E-state index in [1.807, 2.05) is 0 Å². The Kier molecular flexibility index (Phi) is 12.9. The van der Waals surface area contributed by atoms with Gasteiger partial charge in [-0.3, -0.25) is 4.79 Å². The van der Waals surface area contributed by atoms with Crippen LogP contribution in [-0.2, 0) is 9.59 Å². The molecule has 60 valence electrons. The van der Waals surface area contributed by atoms with Crippen LogP contribution >= 0.6 is 0 Å². The summed E-state index contributed by atoms with van der Waals surface area (Å²) in [4.78, 5) is 19.2. The van der Waals surface area contributed by atoms with E-state index in [1.165, 1.54) is 7.05 Å². The monoisotopic (exact) mass is 148 g/mol. The van der Waals surface area contributed by atoms with E-state index in [4.69, 9.17) is 5.11 Å². The van der Waals surface area contributed by atoms with E-state index in [-0.39, 0.29) is 13.1 Å². The first-order valence-electron chi connectivity index (χ1n) is 2.71. The van der Waals surface area contributed by atoms with Crippen molar-refractivity contribution in [1.29, 1.82) is 0 Å². The Morgan fingerprint density at radius 2 is 2.20 bits per heavy atom. The molecule has 0 atom stereocenters. The lowest BCUT2D eigenvalue weighted by molar-refractivity contribution is -0.135. The third kappa shape index (κ3) is 15.7. The quantitative estimate of drug-likeness (QED) is 0.331. The van der Waals surface area contributed by atoms with Crippen molar-refractivity contribution >= 4 is 12.3 Å². The van der Waals surface area contributed by atoms with E-state index in [9.17, 15) is 9.59 Å². The maximum Gasteiger partial charge on any atom is 0.317 e. The van der Waals surface area contributed by atoms with Crippen LogP contribution in [-0.4, -0.2) is 37.5 Å². The third-order valence-electron chi connectivity index (χ3n) is 0.504. The number of aliphatic carboxylic acids is 1. The molecule has 5 heteroatoms. The first-order chi connectivity index (χ1) is 4.77. The zero-order valence-corrected chi connectivity index (χ0v) is 5.83. The van der Waals surface area contributed by atoms with Crippen molar-refractivity contribution in [2.24, 2.45) is 5.73 Å².